The molecule has 0 aliphatic heterocycles. The van der Waals surface area contributed by atoms with E-state index in [1.54, 1.807) is 11.8 Å². The molecule has 0 N–H and O–H groups in total. The van der Waals surface area contributed by atoms with E-state index in [1.165, 1.54) is 4.90 Å². The van der Waals surface area contributed by atoms with E-state index in [0.717, 1.165) is 11.5 Å². The standard InChI is InChI=1S/C8H11OS.HI/c1-6-4-8(10-3)5-7(2)9-6;/h4-5H,1-3H3;1H/q+1;/p-1. The van der Waals surface area contributed by atoms with Crippen LogP contribution in [-0.4, -0.2) is 6.26 Å². The van der Waals surface area contributed by atoms with E-state index in [2.05, 4.69) is 6.26 Å². The van der Waals surface area contributed by atoms with Crippen LogP contribution < -0.4 is 24.0 Å². The zero-order valence-electron chi connectivity index (χ0n) is 6.85. The minimum absolute atomic E-state index is 0. The average Bonchev–Trinajstić information content (AvgIpc) is 1.85. The van der Waals surface area contributed by atoms with Crippen molar-refractivity contribution in [3.05, 3.63) is 23.7 Å². The fourth-order valence-electron chi connectivity index (χ4n) is 0.873. The number of hydrogen-bond acceptors (Lipinski definition) is 1. The zero-order valence-corrected chi connectivity index (χ0v) is 9.82. The summed E-state index contributed by atoms with van der Waals surface area (Å²) >= 11 is 1.74. The Labute approximate surface area is 88.6 Å². The summed E-state index contributed by atoms with van der Waals surface area (Å²) in [4.78, 5) is 1.27. The second-order valence-corrected chi connectivity index (χ2v) is 3.10. The third-order valence-corrected chi connectivity index (χ3v) is 1.96. The van der Waals surface area contributed by atoms with E-state index in [-0.39, 0.29) is 24.0 Å². The van der Waals surface area contributed by atoms with Crippen molar-refractivity contribution in [2.45, 2.75) is 18.7 Å². The van der Waals surface area contributed by atoms with Crippen molar-refractivity contribution in [1.29, 1.82) is 0 Å². The zero-order chi connectivity index (χ0) is 7.56. The molecule has 0 aliphatic rings. The Morgan fingerprint density at radius 2 is 1.64 bits per heavy atom. The van der Waals surface area contributed by atoms with Crippen LogP contribution in [0.5, 0.6) is 0 Å². The van der Waals surface area contributed by atoms with Crippen molar-refractivity contribution < 1.29 is 28.4 Å². The van der Waals surface area contributed by atoms with Crippen molar-refractivity contribution in [2.24, 2.45) is 0 Å². The summed E-state index contributed by atoms with van der Waals surface area (Å²) in [5.41, 5.74) is 0. The summed E-state index contributed by atoms with van der Waals surface area (Å²) < 4.78 is 5.31. The molecular formula is C8H11IOS. The second-order valence-electron chi connectivity index (χ2n) is 2.22. The molecule has 0 atom stereocenters. The van der Waals surface area contributed by atoms with Gasteiger partial charge >= 0.3 is 11.5 Å². The van der Waals surface area contributed by atoms with Gasteiger partial charge in [0.15, 0.2) is 0 Å². The Morgan fingerprint density at radius 1 is 1.18 bits per heavy atom. The van der Waals surface area contributed by atoms with Gasteiger partial charge in [-0.1, -0.05) is 0 Å². The first-order chi connectivity index (χ1) is 4.72. The van der Waals surface area contributed by atoms with Crippen LogP contribution in [0, 0.1) is 13.8 Å². The Balaban J connectivity index is 0.000001000. The highest BCUT2D eigenvalue weighted by Gasteiger charge is 2.05. The summed E-state index contributed by atoms with van der Waals surface area (Å²) in [6.07, 6.45) is 2.06. The number of rotatable bonds is 1. The second kappa shape index (κ2) is 4.98. The maximum Gasteiger partial charge on any atom is 0.327 e. The van der Waals surface area contributed by atoms with Crippen molar-refractivity contribution >= 4 is 11.8 Å². The van der Waals surface area contributed by atoms with Crippen molar-refractivity contribution in [3.8, 4) is 0 Å². The van der Waals surface area contributed by atoms with Gasteiger partial charge in [0.1, 0.15) is 0 Å². The molecule has 1 heterocycles. The van der Waals surface area contributed by atoms with Gasteiger partial charge in [0.05, 0.1) is 26.0 Å². The maximum absolute atomic E-state index is 5.31. The van der Waals surface area contributed by atoms with E-state index < -0.39 is 0 Å². The lowest BCUT2D eigenvalue weighted by atomic mass is 10.4. The van der Waals surface area contributed by atoms with Crippen LogP contribution in [0.3, 0.4) is 0 Å². The largest absolute Gasteiger partial charge is 1.00 e. The number of thioether (sulfide) groups is 1. The fourth-order valence-corrected chi connectivity index (χ4v) is 1.44. The van der Waals surface area contributed by atoms with Crippen LogP contribution in [0.1, 0.15) is 11.5 Å². The minimum atomic E-state index is 0. The number of aryl methyl sites for hydroxylation is 2. The smallest absolute Gasteiger partial charge is 0.327 e. The predicted octanol–water partition coefficient (Wildman–Crippen LogP) is -0.0966. The van der Waals surface area contributed by atoms with Crippen LogP contribution in [0.15, 0.2) is 21.4 Å². The minimum Gasteiger partial charge on any atom is -1.00 e. The maximum atomic E-state index is 5.31. The molecule has 1 nitrogen and oxygen atoms in total. The van der Waals surface area contributed by atoms with Gasteiger partial charge in [-0.15, -0.1) is 11.8 Å². The highest BCUT2D eigenvalue weighted by Crippen LogP contribution is 2.17. The number of halogens is 1. The Kier molecular flexibility index (Phi) is 5.08. The molecular weight excluding hydrogens is 271 g/mol. The fraction of sp³-hybridized carbons (Fsp3) is 0.375. The first-order valence-corrected chi connectivity index (χ1v) is 4.40. The highest BCUT2D eigenvalue weighted by molar-refractivity contribution is 7.98. The average molecular weight is 282 g/mol. The van der Waals surface area contributed by atoms with Gasteiger partial charge in [0.25, 0.3) is 0 Å². The van der Waals surface area contributed by atoms with Gasteiger partial charge in [-0.2, -0.15) is 0 Å². The van der Waals surface area contributed by atoms with Crippen LogP contribution in [0.2, 0.25) is 0 Å². The topological polar surface area (TPSA) is 11.3 Å². The Hall–Kier alpha value is 0.230. The molecule has 0 radical (unpaired) electrons. The quantitative estimate of drug-likeness (QED) is 0.405. The first kappa shape index (κ1) is 11.2. The molecule has 0 spiro atoms. The summed E-state index contributed by atoms with van der Waals surface area (Å²) in [7, 11) is 0. The summed E-state index contributed by atoms with van der Waals surface area (Å²) in [6, 6.07) is 4.08. The lowest BCUT2D eigenvalue weighted by Gasteiger charge is -1.89. The molecule has 0 saturated carbocycles. The molecule has 62 valence electrons. The van der Waals surface area contributed by atoms with E-state index in [4.69, 9.17) is 4.42 Å². The van der Waals surface area contributed by atoms with E-state index in [9.17, 15) is 0 Å². The van der Waals surface area contributed by atoms with E-state index in [1.807, 2.05) is 26.0 Å². The number of hydrogen-bond donors (Lipinski definition) is 0. The molecule has 0 bridgehead atoms. The predicted molar refractivity (Wildman–Crippen MR) is 44.4 cm³/mol. The third kappa shape index (κ3) is 3.42. The summed E-state index contributed by atoms with van der Waals surface area (Å²) in [6.45, 7) is 3.93. The lowest BCUT2D eigenvalue weighted by Crippen LogP contribution is -3.00. The van der Waals surface area contributed by atoms with Crippen LogP contribution in [0.25, 0.3) is 0 Å². The highest BCUT2D eigenvalue weighted by atomic mass is 127. The van der Waals surface area contributed by atoms with E-state index >= 15 is 0 Å². The van der Waals surface area contributed by atoms with Crippen LogP contribution >= 0.6 is 11.8 Å². The molecule has 1 aromatic rings. The van der Waals surface area contributed by atoms with Gasteiger partial charge in [0, 0.05) is 4.90 Å². The monoisotopic (exact) mass is 282 g/mol. The molecule has 0 aliphatic carbocycles. The molecule has 0 amide bonds. The van der Waals surface area contributed by atoms with Crippen molar-refractivity contribution in [2.75, 3.05) is 6.26 Å². The van der Waals surface area contributed by atoms with Gasteiger partial charge in [-0.3, -0.25) is 0 Å². The van der Waals surface area contributed by atoms with Gasteiger partial charge < -0.3 is 24.0 Å². The molecule has 1 rings (SSSR count). The SMILES string of the molecule is CSc1cc(C)[o+]c(C)c1.[I-]. The lowest BCUT2D eigenvalue weighted by molar-refractivity contribution is -0.00000299. The normalized spacial score (nSPS) is 9.00. The molecule has 0 saturated heterocycles. The summed E-state index contributed by atoms with van der Waals surface area (Å²) in [5, 5.41) is 0. The van der Waals surface area contributed by atoms with Gasteiger partial charge in [-0.05, 0) is 6.26 Å². The molecule has 1 aromatic heterocycles. The molecule has 11 heavy (non-hydrogen) atoms. The Bertz CT molecular complexity index is 217. The van der Waals surface area contributed by atoms with Gasteiger partial charge in [-0.25, -0.2) is 4.42 Å². The Morgan fingerprint density at radius 3 is 2.00 bits per heavy atom. The molecule has 0 unspecified atom stereocenters. The van der Waals surface area contributed by atoms with E-state index in [0.29, 0.717) is 0 Å². The van der Waals surface area contributed by atoms with Crippen LogP contribution in [-0.2, 0) is 0 Å². The molecule has 0 aromatic carbocycles. The first-order valence-electron chi connectivity index (χ1n) is 3.18. The molecule has 0 fully saturated rings. The van der Waals surface area contributed by atoms with Crippen LogP contribution in [0.4, 0.5) is 0 Å². The van der Waals surface area contributed by atoms with Crippen molar-refractivity contribution in [3.63, 3.8) is 0 Å². The van der Waals surface area contributed by atoms with Gasteiger partial charge in [0.2, 0.25) is 0 Å². The third-order valence-electron chi connectivity index (χ3n) is 1.25. The van der Waals surface area contributed by atoms with Crippen molar-refractivity contribution in [1.82, 2.24) is 0 Å². The summed E-state index contributed by atoms with van der Waals surface area (Å²) in [5.74, 6) is 1.95. The molecule has 3 heteroatoms.